The molecule has 1 N–H and O–H groups in total. The maximum absolute atomic E-state index is 11.8. The Bertz CT molecular complexity index is 928. The van der Waals surface area contributed by atoms with E-state index in [1.54, 1.807) is 36.4 Å². The molecular formula is C22H19ClN2O3. The Morgan fingerprint density at radius 3 is 2.25 bits per heavy atom. The Hall–Kier alpha value is -3.31. The smallest absolute Gasteiger partial charge is 0.277 e. The van der Waals surface area contributed by atoms with Gasteiger partial charge in [0, 0.05) is 10.6 Å². The summed E-state index contributed by atoms with van der Waals surface area (Å²) in [6.07, 6.45) is 1.49. The fourth-order valence-corrected chi connectivity index (χ4v) is 2.49. The molecule has 0 aliphatic carbocycles. The number of hydrogen-bond acceptors (Lipinski definition) is 4. The number of halogens is 1. The van der Waals surface area contributed by atoms with Crippen LogP contribution in [0.1, 0.15) is 11.1 Å². The van der Waals surface area contributed by atoms with Crippen molar-refractivity contribution in [2.75, 3.05) is 6.61 Å². The topological polar surface area (TPSA) is 59.9 Å². The minimum absolute atomic E-state index is 0.149. The number of nitrogens with one attached hydrogen (secondary N) is 1. The van der Waals surface area contributed by atoms with Crippen molar-refractivity contribution in [2.24, 2.45) is 5.10 Å². The first-order chi connectivity index (χ1) is 13.7. The number of carbonyl (C=O) groups is 1. The third kappa shape index (κ3) is 6.14. The summed E-state index contributed by atoms with van der Waals surface area (Å²) in [7, 11) is 0. The van der Waals surface area contributed by atoms with Gasteiger partial charge in [-0.15, -0.1) is 0 Å². The highest BCUT2D eigenvalue weighted by Crippen LogP contribution is 2.18. The van der Waals surface area contributed by atoms with Crippen LogP contribution < -0.4 is 14.9 Å². The van der Waals surface area contributed by atoms with Crippen molar-refractivity contribution in [2.45, 2.75) is 6.61 Å². The van der Waals surface area contributed by atoms with E-state index in [0.29, 0.717) is 17.4 Å². The molecule has 3 rings (SSSR count). The third-order valence-corrected chi connectivity index (χ3v) is 4.08. The van der Waals surface area contributed by atoms with Gasteiger partial charge in [0.15, 0.2) is 6.61 Å². The molecule has 142 valence electrons. The summed E-state index contributed by atoms with van der Waals surface area (Å²) in [5.74, 6) is 0.926. The summed E-state index contributed by atoms with van der Waals surface area (Å²) in [6.45, 7) is 0.344. The van der Waals surface area contributed by atoms with Crippen molar-refractivity contribution < 1.29 is 14.3 Å². The van der Waals surface area contributed by atoms with Crippen LogP contribution in [0.3, 0.4) is 0 Å². The minimum atomic E-state index is -0.368. The first-order valence-electron chi connectivity index (χ1n) is 8.67. The van der Waals surface area contributed by atoms with Crippen molar-refractivity contribution in [3.63, 3.8) is 0 Å². The van der Waals surface area contributed by atoms with E-state index in [4.69, 9.17) is 21.1 Å². The highest BCUT2D eigenvalue weighted by atomic mass is 35.5. The second kappa shape index (κ2) is 10.1. The molecule has 5 nitrogen and oxygen atoms in total. The average molecular weight is 395 g/mol. The Labute approximate surface area is 168 Å². The fourth-order valence-electron chi connectivity index (χ4n) is 2.31. The van der Waals surface area contributed by atoms with Gasteiger partial charge in [-0.1, -0.05) is 60.1 Å². The van der Waals surface area contributed by atoms with E-state index in [-0.39, 0.29) is 12.5 Å². The van der Waals surface area contributed by atoms with Crippen molar-refractivity contribution in [3.8, 4) is 11.5 Å². The lowest BCUT2D eigenvalue weighted by Gasteiger charge is -2.08. The molecule has 0 aromatic heterocycles. The first-order valence-corrected chi connectivity index (χ1v) is 9.04. The van der Waals surface area contributed by atoms with Crippen LogP contribution in [0.2, 0.25) is 5.02 Å². The van der Waals surface area contributed by atoms with E-state index in [1.807, 2.05) is 42.5 Å². The van der Waals surface area contributed by atoms with Gasteiger partial charge in [0.1, 0.15) is 18.1 Å². The van der Waals surface area contributed by atoms with Crippen molar-refractivity contribution in [1.82, 2.24) is 5.43 Å². The molecule has 0 unspecified atom stereocenters. The van der Waals surface area contributed by atoms with Crippen LogP contribution in [0.15, 0.2) is 84.0 Å². The Kier molecular flexibility index (Phi) is 7.04. The van der Waals surface area contributed by atoms with Crippen LogP contribution in [0.25, 0.3) is 0 Å². The van der Waals surface area contributed by atoms with Crippen LogP contribution >= 0.6 is 11.6 Å². The average Bonchev–Trinajstić information content (AvgIpc) is 2.74. The van der Waals surface area contributed by atoms with Crippen LogP contribution in [-0.4, -0.2) is 18.7 Å². The Morgan fingerprint density at radius 2 is 1.54 bits per heavy atom. The van der Waals surface area contributed by atoms with E-state index >= 15 is 0 Å². The summed E-state index contributed by atoms with van der Waals surface area (Å²) in [6, 6.07) is 24.2. The zero-order valence-electron chi connectivity index (χ0n) is 15.0. The number of rotatable bonds is 8. The van der Waals surface area contributed by atoms with Gasteiger partial charge < -0.3 is 9.47 Å². The number of hydrogen-bond donors (Lipinski definition) is 1. The summed E-state index contributed by atoms with van der Waals surface area (Å²) in [4.78, 5) is 11.8. The van der Waals surface area contributed by atoms with Gasteiger partial charge in [-0.3, -0.25) is 4.79 Å². The van der Waals surface area contributed by atoms with Gasteiger partial charge in [-0.2, -0.15) is 5.10 Å². The van der Waals surface area contributed by atoms with Crippen molar-refractivity contribution >= 4 is 23.7 Å². The molecule has 0 spiro atoms. The van der Waals surface area contributed by atoms with Gasteiger partial charge in [-0.25, -0.2) is 5.43 Å². The Morgan fingerprint density at radius 1 is 0.893 bits per heavy atom. The minimum Gasteiger partial charge on any atom is -0.489 e. The predicted molar refractivity (Wildman–Crippen MR) is 110 cm³/mol. The fraction of sp³-hybridized carbons (Fsp3) is 0.0909. The lowest BCUT2D eigenvalue weighted by molar-refractivity contribution is -0.123. The SMILES string of the molecule is O=C(COc1ccc(OCc2ccccc2)cc1)NN=Cc1ccccc1Cl. The van der Waals surface area contributed by atoms with Crippen molar-refractivity contribution in [3.05, 3.63) is 95.0 Å². The summed E-state index contributed by atoms with van der Waals surface area (Å²) >= 11 is 6.01. The van der Waals surface area contributed by atoms with Gasteiger partial charge in [-0.05, 0) is 35.9 Å². The van der Waals surface area contributed by atoms with Crippen molar-refractivity contribution in [1.29, 1.82) is 0 Å². The Balaban J connectivity index is 1.41. The second-order valence-electron chi connectivity index (χ2n) is 5.85. The van der Waals surface area contributed by atoms with Gasteiger partial charge in [0.05, 0.1) is 6.21 Å². The summed E-state index contributed by atoms with van der Waals surface area (Å²) in [5.41, 5.74) is 4.21. The van der Waals surface area contributed by atoms with Crippen LogP contribution in [0, 0.1) is 0 Å². The van der Waals surface area contributed by atoms with E-state index in [2.05, 4.69) is 10.5 Å². The predicted octanol–water partition coefficient (Wildman–Crippen LogP) is 4.45. The maximum Gasteiger partial charge on any atom is 0.277 e. The largest absolute Gasteiger partial charge is 0.489 e. The molecule has 0 radical (unpaired) electrons. The molecule has 0 heterocycles. The number of benzene rings is 3. The molecule has 0 fully saturated rings. The quantitative estimate of drug-likeness (QED) is 0.453. The zero-order valence-corrected chi connectivity index (χ0v) is 15.8. The summed E-state index contributed by atoms with van der Waals surface area (Å²) < 4.78 is 11.2. The number of nitrogens with zero attached hydrogens (tertiary/aromatic N) is 1. The van der Waals surface area contributed by atoms with Crippen LogP contribution in [-0.2, 0) is 11.4 Å². The highest BCUT2D eigenvalue weighted by Gasteiger charge is 2.03. The molecule has 1 amide bonds. The molecule has 0 aliphatic rings. The lowest BCUT2D eigenvalue weighted by Crippen LogP contribution is -2.24. The molecule has 0 aliphatic heterocycles. The van der Waals surface area contributed by atoms with E-state index in [9.17, 15) is 4.79 Å². The van der Waals surface area contributed by atoms with E-state index in [0.717, 1.165) is 16.9 Å². The first kappa shape index (κ1) is 19.5. The standard InChI is InChI=1S/C22H19ClN2O3/c23-21-9-5-4-8-18(21)14-24-25-22(26)16-28-20-12-10-19(11-13-20)27-15-17-6-2-1-3-7-17/h1-14H,15-16H2,(H,25,26). The molecule has 0 saturated carbocycles. The van der Waals surface area contributed by atoms with Gasteiger partial charge >= 0.3 is 0 Å². The number of carbonyl (C=O) groups excluding carboxylic acids is 1. The normalized spacial score (nSPS) is 10.6. The number of hydrazone groups is 1. The zero-order chi connectivity index (χ0) is 19.6. The molecule has 0 saturated heterocycles. The van der Waals surface area contributed by atoms with E-state index < -0.39 is 0 Å². The molecule has 0 atom stereocenters. The van der Waals surface area contributed by atoms with E-state index in [1.165, 1.54) is 6.21 Å². The molecule has 6 heteroatoms. The summed E-state index contributed by atoms with van der Waals surface area (Å²) in [5, 5.41) is 4.43. The van der Waals surface area contributed by atoms with Gasteiger partial charge in [0.2, 0.25) is 0 Å². The van der Waals surface area contributed by atoms with Crippen LogP contribution in [0.5, 0.6) is 11.5 Å². The molecule has 3 aromatic carbocycles. The lowest BCUT2D eigenvalue weighted by atomic mass is 10.2. The number of ether oxygens (including phenoxy) is 2. The molecule has 3 aromatic rings. The van der Waals surface area contributed by atoms with Gasteiger partial charge in [0.25, 0.3) is 5.91 Å². The monoisotopic (exact) mass is 394 g/mol. The number of amides is 1. The maximum atomic E-state index is 11.8. The molecular weight excluding hydrogens is 376 g/mol. The molecule has 0 bridgehead atoms. The second-order valence-corrected chi connectivity index (χ2v) is 6.26. The highest BCUT2D eigenvalue weighted by molar-refractivity contribution is 6.33. The third-order valence-electron chi connectivity index (χ3n) is 3.74. The van der Waals surface area contributed by atoms with Crippen LogP contribution in [0.4, 0.5) is 0 Å². The molecule has 28 heavy (non-hydrogen) atoms.